The Morgan fingerprint density at radius 3 is 2.76 bits per heavy atom. The first kappa shape index (κ1) is 13.2. The quantitative estimate of drug-likeness (QED) is 0.865. The first-order chi connectivity index (χ1) is 10.2. The first-order valence-electron chi connectivity index (χ1n) is 7.49. The topological polar surface area (TPSA) is 68.3 Å². The van der Waals surface area contributed by atoms with Crippen LogP contribution >= 0.6 is 11.3 Å². The van der Waals surface area contributed by atoms with Crippen LogP contribution in [0.15, 0.2) is 5.38 Å². The third kappa shape index (κ3) is 2.16. The number of carbonyl (C=O) groups is 2. The molecule has 1 heterocycles. The molecule has 0 aromatic carbocycles. The summed E-state index contributed by atoms with van der Waals surface area (Å²) in [7, 11) is 1.36. The van der Waals surface area contributed by atoms with Crippen molar-refractivity contribution in [2.45, 2.75) is 25.7 Å². The van der Waals surface area contributed by atoms with Gasteiger partial charge in [-0.25, -0.2) is 4.98 Å². The van der Waals surface area contributed by atoms with E-state index in [1.54, 1.807) is 5.38 Å². The maximum Gasteiger partial charge on any atom is 0.311 e. The van der Waals surface area contributed by atoms with Crippen LogP contribution in [0.25, 0.3) is 0 Å². The van der Waals surface area contributed by atoms with Gasteiger partial charge in [0.05, 0.1) is 19.2 Å². The summed E-state index contributed by atoms with van der Waals surface area (Å²) in [6.07, 6.45) is 4.13. The number of ether oxygens (including phenoxy) is 1. The van der Waals surface area contributed by atoms with Crippen LogP contribution in [0.5, 0.6) is 0 Å². The van der Waals surface area contributed by atoms with Crippen molar-refractivity contribution in [3.8, 4) is 0 Å². The van der Waals surface area contributed by atoms with Gasteiger partial charge in [0.1, 0.15) is 0 Å². The summed E-state index contributed by atoms with van der Waals surface area (Å²) in [4.78, 5) is 27.8. The highest BCUT2D eigenvalue weighted by molar-refractivity contribution is 7.13. The molecule has 5 nitrogen and oxygen atoms in total. The molecule has 4 atom stereocenters. The lowest BCUT2D eigenvalue weighted by Gasteiger charge is -2.07. The molecule has 4 rings (SSSR count). The largest absolute Gasteiger partial charge is 0.469 e. The second-order valence-electron chi connectivity index (χ2n) is 6.40. The number of thiazole rings is 1. The van der Waals surface area contributed by atoms with Crippen LogP contribution in [0.1, 0.15) is 25.0 Å². The molecular weight excluding hydrogens is 288 g/mol. The molecule has 4 unspecified atom stereocenters. The number of esters is 1. The van der Waals surface area contributed by atoms with Gasteiger partial charge in [-0.15, -0.1) is 11.3 Å². The highest BCUT2D eigenvalue weighted by atomic mass is 32.1. The molecular formula is C15H18N2O3S. The molecule has 1 aromatic heterocycles. The third-order valence-corrected chi connectivity index (χ3v) is 6.18. The molecule has 1 aromatic rings. The molecule has 3 fully saturated rings. The predicted molar refractivity (Wildman–Crippen MR) is 77.8 cm³/mol. The fourth-order valence-corrected chi connectivity index (χ4v) is 5.24. The maximum absolute atomic E-state index is 12.4. The number of hydrogen-bond acceptors (Lipinski definition) is 5. The summed E-state index contributed by atoms with van der Waals surface area (Å²) in [5.41, 5.74) is 0.651. The van der Waals surface area contributed by atoms with Crippen molar-refractivity contribution in [3.05, 3.63) is 11.1 Å². The predicted octanol–water partition coefficient (Wildman–Crippen LogP) is 2.09. The third-order valence-electron chi connectivity index (χ3n) is 5.37. The van der Waals surface area contributed by atoms with Crippen molar-refractivity contribution >= 4 is 28.3 Å². The SMILES string of the molecule is COC(=O)Cc1csc(NC(=O)C2C3C4CCC(C4)C23)n1. The summed E-state index contributed by atoms with van der Waals surface area (Å²) in [6, 6.07) is 0. The van der Waals surface area contributed by atoms with Crippen molar-refractivity contribution < 1.29 is 14.3 Å². The number of anilines is 1. The van der Waals surface area contributed by atoms with Gasteiger partial charge in [0, 0.05) is 11.3 Å². The average molecular weight is 306 g/mol. The Kier molecular flexibility index (Phi) is 3.03. The number of fused-ring (bicyclic) bond motifs is 5. The zero-order valence-corrected chi connectivity index (χ0v) is 12.7. The molecule has 2 bridgehead atoms. The molecule has 0 radical (unpaired) electrons. The van der Waals surface area contributed by atoms with Crippen molar-refractivity contribution in [1.82, 2.24) is 4.98 Å². The fraction of sp³-hybridized carbons (Fsp3) is 0.667. The Bertz CT molecular complexity index is 583. The van der Waals surface area contributed by atoms with Crippen LogP contribution in [0, 0.1) is 29.6 Å². The highest BCUT2D eigenvalue weighted by Crippen LogP contribution is 2.69. The van der Waals surface area contributed by atoms with Crippen molar-refractivity contribution in [2.24, 2.45) is 29.6 Å². The molecule has 1 amide bonds. The molecule has 1 N–H and O–H groups in total. The van der Waals surface area contributed by atoms with E-state index in [2.05, 4.69) is 15.0 Å². The van der Waals surface area contributed by atoms with Gasteiger partial charge in [0.25, 0.3) is 0 Å². The van der Waals surface area contributed by atoms with Gasteiger partial charge in [-0.1, -0.05) is 0 Å². The summed E-state index contributed by atoms with van der Waals surface area (Å²) in [5.74, 6) is 2.89. The minimum absolute atomic E-state index is 0.126. The number of rotatable bonds is 4. The second kappa shape index (κ2) is 4.80. The zero-order chi connectivity index (χ0) is 14.6. The molecule has 3 saturated carbocycles. The second-order valence-corrected chi connectivity index (χ2v) is 7.26. The lowest BCUT2D eigenvalue weighted by molar-refractivity contribution is -0.139. The van der Waals surface area contributed by atoms with Crippen LogP contribution in [-0.4, -0.2) is 24.0 Å². The normalized spacial score (nSPS) is 35.4. The number of aromatic nitrogens is 1. The summed E-state index contributed by atoms with van der Waals surface area (Å²) in [5, 5.41) is 5.32. The molecule has 3 aliphatic rings. The van der Waals surface area contributed by atoms with E-state index in [0.717, 1.165) is 11.8 Å². The number of nitrogens with zero attached hydrogens (tertiary/aromatic N) is 1. The molecule has 3 aliphatic carbocycles. The average Bonchev–Trinajstić information content (AvgIpc) is 2.81. The van der Waals surface area contributed by atoms with E-state index in [0.29, 0.717) is 22.7 Å². The van der Waals surface area contributed by atoms with Gasteiger partial charge in [0.15, 0.2) is 5.13 Å². The molecule has 0 saturated heterocycles. The van der Waals surface area contributed by atoms with E-state index in [9.17, 15) is 9.59 Å². The Morgan fingerprint density at radius 1 is 1.38 bits per heavy atom. The summed E-state index contributed by atoms with van der Waals surface area (Å²) >= 11 is 1.37. The number of carbonyl (C=O) groups excluding carboxylic acids is 2. The minimum atomic E-state index is -0.313. The molecule has 0 aliphatic heterocycles. The highest BCUT2D eigenvalue weighted by Gasteiger charge is 2.67. The Morgan fingerprint density at radius 2 is 2.10 bits per heavy atom. The van der Waals surface area contributed by atoms with Crippen molar-refractivity contribution in [2.75, 3.05) is 12.4 Å². The van der Waals surface area contributed by atoms with Crippen LogP contribution in [-0.2, 0) is 20.7 Å². The van der Waals surface area contributed by atoms with E-state index < -0.39 is 0 Å². The van der Waals surface area contributed by atoms with Crippen molar-refractivity contribution in [3.63, 3.8) is 0 Å². The molecule has 21 heavy (non-hydrogen) atoms. The van der Waals surface area contributed by atoms with E-state index in [1.807, 2.05) is 0 Å². The standard InChI is InChI=1S/C15H18N2O3S/c1-20-10(18)5-9-6-21-15(16-9)17-14(19)13-11-7-2-3-8(4-7)12(11)13/h6-8,11-13H,2-5H2,1H3,(H,16,17,19). The van der Waals surface area contributed by atoms with Gasteiger partial charge in [-0.2, -0.15) is 0 Å². The molecule has 112 valence electrons. The lowest BCUT2D eigenvalue weighted by atomic mass is 10.0. The van der Waals surface area contributed by atoms with Gasteiger partial charge < -0.3 is 10.1 Å². The zero-order valence-electron chi connectivity index (χ0n) is 11.9. The summed E-state index contributed by atoms with van der Waals surface area (Å²) in [6.45, 7) is 0. The minimum Gasteiger partial charge on any atom is -0.469 e. The summed E-state index contributed by atoms with van der Waals surface area (Å²) < 4.78 is 4.61. The van der Waals surface area contributed by atoms with Crippen LogP contribution in [0.2, 0.25) is 0 Å². The van der Waals surface area contributed by atoms with Crippen molar-refractivity contribution in [1.29, 1.82) is 0 Å². The lowest BCUT2D eigenvalue weighted by Crippen LogP contribution is -2.18. The van der Waals surface area contributed by atoms with Crippen LogP contribution in [0.3, 0.4) is 0 Å². The monoisotopic (exact) mass is 306 g/mol. The van der Waals surface area contributed by atoms with E-state index in [4.69, 9.17) is 0 Å². The van der Waals surface area contributed by atoms with Gasteiger partial charge in [-0.3, -0.25) is 9.59 Å². The number of methoxy groups -OCH3 is 1. The maximum atomic E-state index is 12.4. The van der Waals surface area contributed by atoms with Gasteiger partial charge in [0.2, 0.25) is 5.91 Å². The van der Waals surface area contributed by atoms with Crippen LogP contribution in [0.4, 0.5) is 5.13 Å². The Hall–Kier alpha value is -1.43. The molecule has 0 spiro atoms. The Labute approximate surface area is 127 Å². The smallest absolute Gasteiger partial charge is 0.311 e. The van der Waals surface area contributed by atoms with Gasteiger partial charge >= 0.3 is 5.97 Å². The van der Waals surface area contributed by atoms with E-state index >= 15 is 0 Å². The fourth-order valence-electron chi connectivity index (χ4n) is 4.53. The van der Waals surface area contributed by atoms with E-state index in [1.165, 1.54) is 37.7 Å². The number of nitrogens with one attached hydrogen (secondary N) is 1. The number of amides is 1. The first-order valence-corrected chi connectivity index (χ1v) is 8.37. The van der Waals surface area contributed by atoms with Gasteiger partial charge in [-0.05, 0) is 42.9 Å². The Balaban J connectivity index is 1.37. The number of hydrogen-bond donors (Lipinski definition) is 1. The van der Waals surface area contributed by atoms with Crippen LogP contribution < -0.4 is 5.32 Å². The molecule has 6 heteroatoms. The van der Waals surface area contributed by atoms with E-state index in [-0.39, 0.29) is 24.2 Å².